The summed E-state index contributed by atoms with van der Waals surface area (Å²) in [6.45, 7) is -2.22. The number of rotatable bonds is 11. The molecule has 3 heterocycles. The molecular weight excluding hydrogens is 612 g/mol. The van der Waals surface area contributed by atoms with Crippen LogP contribution in [0.25, 0.3) is 0 Å². The van der Waals surface area contributed by atoms with E-state index in [2.05, 4.69) is 9.72 Å². The number of halogens is 3. The van der Waals surface area contributed by atoms with Gasteiger partial charge in [0.25, 0.3) is 15.9 Å². The Morgan fingerprint density at radius 3 is 2.55 bits per heavy atom. The molecule has 1 atom stereocenters. The Kier molecular flexibility index (Phi) is 9.21. The maximum atomic E-state index is 13.1. The molecule has 1 N–H and O–H groups in total. The summed E-state index contributed by atoms with van der Waals surface area (Å²) in [6, 6.07) is 17.2. The highest BCUT2D eigenvalue weighted by atomic mass is 35.5. The second-order valence-electron chi connectivity index (χ2n) is 9.06. The van der Waals surface area contributed by atoms with E-state index in [0.29, 0.717) is 30.9 Å². The van der Waals surface area contributed by atoms with Crippen LogP contribution in [-0.4, -0.2) is 38.8 Å². The van der Waals surface area contributed by atoms with E-state index in [1.54, 1.807) is 42.7 Å². The van der Waals surface area contributed by atoms with Crippen molar-refractivity contribution in [2.24, 2.45) is 0 Å². The van der Waals surface area contributed by atoms with Crippen molar-refractivity contribution in [2.45, 2.75) is 36.5 Å². The Hall–Kier alpha value is -3.78. The fourth-order valence-corrected chi connectivity index (χ4v) is 6.66. The molecule has 1 aliphatic rings. The van der Waals surface area contributed by atoms with Gasteiger partial charge >= 0.3 is 6.61 Å². The number of anilines is 2. The number of nitrogens with zero attached hydrogens (tertiary/aromatic N) is 2. The highest BCUT2D eigenvalue weighted by molar-refractivity contribution is 7.92. The van der Waals surface area contributed by atoms with Gasteiger partial charge in [0.1, 0.15) is 4.21 Å². The summed E-state index contributed by atoms with van der Waals surface area (Å²) in [5, 5.41) is 0. The number of thiophene rings is 1. The van der Waals surface area contributed by atoms with Gasteiger partial charge in [0, 0.05) is 48.4 Å². The Bertz CT molecular complexity index is 1630. The Morgan fingerprint density at radius 2 is 1.90 bits per heavy atom. The summed E-state index contributed by atoms with van der Waals surface area (Å²) in [5.41, 5.74) is 2.14. The average molecular weight is 636 g/mol. The Balaban J connectivity index is 1.44. The zero-order valence-electron chi connectivity index (χ0n) is 21.8. The molecule has 1 unspecified atom stereocenters. The molecule has 9 nitrogen and oxygen atoms in total. The van der Waals surface area contributed by atoms with Crippen molar-refractivity contribution in [1.29, 1.82) is 0 Å². The number of benzene rings is 2. The van der Waals surface area contributed by atoms with Gasteiger partial charge in [0.2, 0.25) is 0 Å². The minimum absolute atomic E-state index is 0.0830. The molecule has 1 fully saturated rings. The number of alkyl halides is 2. The van der Waals surface area contributed by atoms with Crippen LogP contribution in [0, 0.1) is 0 Å². The van der Waals surface area contributed by atoms with Crippen molar-refractivity contribution in [3.63, 3.8) is 0 Å². The molecule has 14 heteroatoms. The van der Waals surface area contributed by atoms with Crippen LogP contribution in [0.5, 0.6) is 11.5 Å². The van der Waals surface area contributed by atoms with Crippen molar-refractivity contribution in [2.75, 3.05) is 11.5 Å². The molecule has 1 saturated heterocycles. The molecular formula is C28H24ClF2N3O6S2. The van der Waals surface area contributed by atoms with E-state index in [1.165, 1.54) is 30.3 Å². The molecule has 0 aliphatic carbocycles. The number of carbonyl (C=O) groups excluding carboxylic acids is 1. The summed E-state index contributed by atoms with van der Waals surface area (Å²) >= 11 is 6.67. The van der Waals surface area contributed by atoms with E-state index in [9.17, 15) is 22.0 Å². The number of pyridine rings is 1. The zero-order valence-corrected chi connectivity index (χ0v) is 24.2. The monoisotopic (exact) mass is 635 g/mol. The number of ether oxygens (including phenoxy) is 3. The van der Waals surface area contributed by atoms with E-state index in [1.807, 2.05) is 15.7 Å². The van der Waals surface area contributed by atoms with E-state index in [-0.39, 0.29) is 25.6 Å². The third kappa shape index (κ3) is 7.34. The van der Waals surface area contributed by atoms with Crippen molar-refractivity contribution in [3.05, 3.63) is 94.6 Å². The van der Waals surface area contributed by atoms with Crippen LogP contribution in [-0.2, 0) is 21.3 Å². The Morgan fingerprint density at radius 1 is 1.12 bits per heavy atom. The van der Waals surface area contributed by atoms with Gasteiger partial charge in [-0.2, -0.15) is 8.78 Å². The maximum Gasteiger partial charge on any atom is 0.387 e. The zero-order chi connectivity index (χ0) is 29.7. The van der Waals surface area contributed by atoms with E-state index >= 15 is 0 Å². The van der Waals surface area contributed by atoms with E-state index in [0.717, 1.165) is 23.3 Å². The average Bonchev–Trinajstić information content (AvgIpc) is 3.65. The van der Waals surface area contributed by atoms with Crippen molar-refractivity contribution in [3.8, 4) is 11.5 Å². The molecule has 0 radical (unpaired) electrons. The lowest BCUT2D eigenvalue weighted by molar-refractivity contribution is -0.0632. The van der Waals surface area contributed by atoms with Crippen LogP contribution >= 0.6 is 22.9 Å². The minimum Gasteiger partial charge on any atom is -0.461 e. The fraction of sp³-hybridized carbons (Fsp3) is 0.214. The minimum atomic E-state index is -4.10. The summed E-state index contributed by atoms with van der Waals surface area (Å²) in [4.78, 5) is 18.8. The quantitative estimate of drug-likeness (QED) is 0.203. The molecule has 0 bridgehead atoms. The van der Waals surface area contributed by atoms with Crippen molar-refractivity contribution in [1.82, 2.24) is 9.71 Å². The lowest BCUT2D eigenvalue weighted by atomic mass is 10.1. The maximum absolute atomic E-state index is 13.1. The lowest BCUT2D eigenvalue weighted by Crippen LogP contribution is -2.30. The first-order chi connectivity index (χ1) is 20.2. The largest absolute Gasteiger partial charge is 0.461 e. The topological polar surface area (TPSA) is 107 Å². The number of nitrogens with one attached hydrogen (secondary N) is 1. The van der Waals surface area contributed by atoms with Gasteiger partial charge in [-0.25, -0.2) is 13.1 Å². The van der Waals surface area contributed by atoms with Gasteiger partial charge in [-0.3, -0.25) is 9.78 Å². The van der Waals surface area contributed by atoms with Crippen LogP contribution in [0.3, 0.4) is 0 Å². The first kappa shape index (κ1) is 29.7. The molecule has 42 heavy (non-hydrogen) atoms. The van der Waals surface area contributed by atoms with Gasteiger partial charge in [-0.05, 0) is 66.6 Å². The summed E-state index contributed by atoms with van der Waals surface area (Å²) in [7, 11) is -4.10. The second-order valence-corrected chi connectivity index (χ2v) is 12.7. The van der Waals surface area contributed by atoms with Crippen molar-refractivity contribution >= 4 is 50.2 Å². The molecule has 5 rings (SSSR count). The second kappa shape index (κ2) is 13.0. The fourth-order valence-electron chi connectivity index (χ4n) is 4.20. The summed E-state index contributed by atoms with van der Waals surface area (Å²) in [5.74, 6) is -0.859. The number of hydrogen-bond acceptors (Lipinski definition) is 9. The van der Waals surface area contributed by atoms with Gasteiger partial charge in [0.15, 0.2) is 17.8 Å². The van der Waals surface area contributed by atoms with E-state index < -0.39 is 28.8 Å². The molecule has 1 aliphatic heterocycles. The van der Waals surface area contributed by atoms with Gasteiger partial charge in [-0.1, -0.05) is 17.7 Å². The van der Waals surface area contributed by atoms with Gasteiger partial charge < -0.3 is 19.1 Å². The van der Waals surface area contributed by atoms with Crippen LogP contribution in [0.1, 0.15) is 28.8 Å². The smallest absolute Gasteiger partial charge is 0.387 e. The number of carbonyl (C=O) groups is 1. The number of sulfonamides is 1. The third-order valence-electron chi connectivity index (χ3n) is 6.15. The predicted molar refractivity (Wildman–Crippen MR) is 153 cm³/mol. The third-order valence-corrected chi connectivity index (χ3v) is 9.20. The van der Waals surface area contributed by atoms with Crippen LogP contribution < -0.4 is 19.1 Å². The SMILES string of the molecule is O=C(NS(=O)(=O)c1ccc(Cl)s1)c1ccc(N(Cc2cccnc2)c2ccc(OC(F)F)c(OC3CCCO3)c2)cc1. The van der Waals surface area contributed by atoms with Crippen LogP contribution in [0.4, 0.5) is 20.2 Å². The van der Waals surface area contributed by atoms with Crippen LogP contribution in [0.15, 0.2) is 83.3 Å². The number of aromatic nitrogens is 1. The molecule has 0 saturated carbocycles. The molecule has 4 aromatic rings. The number of hydrogen-bond donors (Lipinski definition) is 1. The van der Waals surface area contributed by atoms with Gasteiger partial charge in [-0.15, -0.1) is 11.3 Å². The molecule has 220 valence electrons. The predicted octanol–water partition coefficient (Wildman–Crippen LogP) is 6.37. The molecule has 0 spiro atoms. The molecule has 2 aromatic carbocycles. The summed E-state index contributed by atoms with van der Waals surface area (Å²) < 4.78 is 69.7. The highest BCUT2D eigenvalue weighted by Crippen LogP contribution is 2.38. The lowest BCUT2D eigenvalue weighted by Gasteiger charge is -2.27. The van der Waals surface area contributed by atoms with E-state index in [4.69, 9.17) is 21.1 Å². The number of amides is 1. The Labute approximate surface area is 249 Å². The first-order valence-corrected chi connectivity index (χ1v) is 15.3. The summed E-state index contributed by atoms with van der Waals surface area (Å²) in [6.07, 6.45) is 4.13. The molecule has 2 aromatic heterocycles. The standard InChI is InChI=1S/C28H24ClF2N3O6S2/c29-24-11-12-26(41-24)42(36,37)33-27(35)19-5-7-20(8-6-19)34(17-18-3-1-13-32-16-18)21-9-10-22(40-28(30)31)23(15-21)39-25-4-2-14-38-25/h1,3,5-13,15-16,25,28H,2,4,14,17H2,(H,33,35). The highest BCUT2D eigenvalue weighted by Gasteiger charge is 2.23. The first-order valence-electron chi connectivity index (χ1n) is 12.6. The van der Waals surface area contributed by atoms with Crippen LogP contribution in [0.2, 0.25) is 4.34 Å². The molecule has 1 amide bonds. The van der Waals surface area contributed by atoms with Gasteiger partial charge in [0.05, 0.1) is 10.9 Å². The van der Waals surface area contributed by atoms with Crippen molar-refractivity contribution < 1.29 is 36.2 Å². The normalized spacial score (nSPS) is 15.0.